The number of carbonyl (C=O) groups is 1. The van der Waals surface area contributed by atoms with Crippen LogP contribution in [-0.2, 0) is 13.1 Å². The van der Waals surface area contributed by atoms with E-state index in [4.69, 9.17) is 9.72 Å². The molecule has 0 fully saturated rings. The molecule has 4 aromatic rings. The van der Waals surface area contributed by atoms with Gasteiger partial charge in [-0.15, -0.1) is 0 Å². The van der Waals surface area contributed by atoms with Crippen LogP contribution in [-0.4, -0.2) is 22.1 Å². The van der Waals surface area contributed by atoms with Crippen molar-refractivity contribution in [3.05, 3.63) is 94.8 Å². The van der Waals surface area contributed by atoms with Gasteiger partial charge in [-0.05, 0) is 69.0 Å². The van der Waals surface area contributed by atoms with Crippen LogP contribution in [0.1, 0.15) is 45.7 Å². The van der Waals surface area contributed by atoms with Crippen molar-refractivity contribution in [2.45, 2.75) is 46.7 Å². The Balaban J connectivity index is 1.40. The van der Waals surface area contributed by atoms with Crippen LogP contribution in [0.2, 0.25) is 0 Å². The first kappa shape index (κ1) is 22.6. The summed E-state index contributed by atoms with van der Waals surface area (Å²) in [5.74, 6) is 1.74. The van der Waals surface area contributed by atoms with Crippen molar-refractivity contribution >= 4 is 16.9 Å². The molecule has 0 atom stereocenters. The minimum absolute atomic E-state index is 0.0715. The molecule has 0 aliphatic heterocycles. The number of fused-ring (bicyclic) bond motifs is 1. The van der Waals surface area contributed by atoms with Crippen LogP contribution >= 0.6 is 0 Å². The summed E-state index contributed by atoms with van der Waals surface area (Å²) in [7, 11) is 0. The van der Waals surface area contributed by atoms with Gasteiger partial charge in [-0.2, -0.15) is 0 Å². The number of benzene rings is 3. The number of amides is 1. The van der Waals surface area contributed by atoms with Crippen LogP contribution in [0.3, 0.4) is 0 Å². The second-order valence-corrected chi connectivity index (χ2v) is 8.49. The minimum atomic E-state index is -0.0715. The number of hydrogen-bond donors (Lipinski definition) is 1. The largest absolute Gasteiger partial charge is 0.493 e. The second kappa shape index (κ2) is 10.3. The number of aromatic nitrogens is 2. The lowest BCUT2D eigenvalue weighted by molar-refractivity contribution is 0.0949. The topological polar surface area (TPSA) is 56.2 Å². The molecule has 0 aliphatic rings. The first-order valence-electron chi connectivity index (χ1n) is 11.5. The first-order chi connectivity index (χ1) is 16.0. The summed E-state index contributed by atoms with van der Waals surface area (Å²) >= 11 is 0. The summed E-state index contributed by atoms with van der Waals surface area (Å²) in [6.45, 7) is 7.95. The number of unbranched alkanes of at least 4 members (excludes halogenated alkanes) is 1. The van der Waals surface area contributed by atoms with Gasteiger partial charge in [0.2, 0.25) is 0 Å². The molecule has 33 heavy (non-hydrogen) atoms. The predicted octanol–water partition coefficient (Wildman–Crippen LogP) is 5.75. The lowest BCUT2D eigenvalue weighted by Crippen LogP contribution is -2.25. The van der Waals surface area contributed by atoms with E-state index in [0.29, 0.717) is 18.7 Å². The lowest BCUT2D eigenvalue weighted by atomic mass is 10.1. The SMILES string of the molecule is Cc1ccc(C(=O)NCc2nc3ccccc3n2CCCCOc2ccccc2C)c(C)c1. The Morgan fingerprint density at radius 2 is 1.73 bits per heavy atom. The molecule has 0 radical (unpaired) electrons. The van der Waals surface area contributed by atoms with Crippen LogP contribution in [0.5, 0.6) is 5.75 Å². The number of rotatable bonds is 9. The van der Waals surface area contributed by atoms with Gasteiger partial charge >= 0.3 is 0 Å². The summed E-state index contributed by atoms with van der Waals surface area (Å²) < 4.78 is 8.15. The highest BCUT2D eigenvalue weighted by Gasteiger charge is 2.13. The number of imidazole rings is 1. The third-order valence-corrected chi connectivity index (χ3v) is 5.89. The Hall–Kier alpha value is -3.60. The van der Waals surface area contributed by atoms with Crippen LogP contribution in [0, 0.1) is 20.8 Å². The van der Waals surface area contributed by atoms with Crippen LogP contribution in [0.25, 0.3) is 11.0 Å². The molecule has 1 amide bonds. The highest BCUT2D eigenvalue weighted by atomic mass is 16.5. The van der Waals surface area contributed by atoms with E-state index in [2.05, 4.69) is 28.9 Å². The van der Waals surface area contributed by atoms with Crippen molar-refractivity contribution in [1.82, 2.24) is 14.9 Å². The van der Waals surface area contributed by atoms with Crippen molar-refractivity contribution < 1.29 is 9.53 Å². The van der Waals surface area contributed by atoms with E-state index in [0.717, 1.165) is 58.7 Å². The van der Waals surface area contributed by atoms with Crippen molar-refractivity contribution in [2.75, 3.05) is 6.61 Å². The van der Waals surface area contributed by atoms with Gasteiger partial charge in [-0.1, -0.05) is 48.0 Å². The second-order valence-electron chi connectivity index (χ2n) is 8.49. The lowest BCUT2D eigenvalue weighted by Gasteiger charge is -2.12. The van der Waals surface area contributed by atoms with E-state index in [1.807, 2.05) is 68.4 Å². The van der Waals surface area contributed by atoms with Gasteiger partial charge in [0.15, 0.2) is 0 Å². The molecule has 3 aromatic carbocycles. The van der Waals surface area contributed by atoms with Gasteiger partial charge in [0.25, 0.3) is 5.91 Å². The van der Waals surface area contributed by atoms with Crippen molar-refractivity contribution in [3.8, 4) is 5.75 Å². The summed E-state index contributed by atoms with van der Waals surface area (Å²) in [6, 6.07) is 22.1. The van der Waals surface area contributed by atoms with E-state index >= 15 is 0 Å². The molecule has 5 heteroatoms. The quantitative estimate of drug-likeness (QED) is 0.337. The van der Waals surface area contributed by atoms with Crippen LogP contribution in [0.4, 0.5) is 0 Å². The molecule has 1 N–H and O–H groups in total. The van der Waals surface area contributed by atoms with Gasteiger partial charge in [0, 0.05) is 12.1 Å². The van der Waals surface area contributed by atoms with Gasteiger partial charge in [-0.25, -0.2) is 4.98 Å². The van der Waals surface area contributed by atoms with Gasteiger partial charge in [0.1, 0.15) is 11.6 Å². The number of para-hydroxylation sites is 3. The molecule has 5 nitrogen and oxygen atoms in total. The normalized spacial score (nSPS) is 11.0. The average molecular weight is 442 g/mol. The van der Waals surface area contributed by atoms with Crippen molar-refractivity contribution in [2.24, 2.45) is 0 Å². The highest BCUT2D eigenvalue weighted by molar-refractivity contribution is 5.95. The number of carbonyl (C=O) groups excluding carboxylic acids is 1. The highest BCUT2D eigenvalue weighted by Crippen LogP contribution is 2.19. The molecule has 4 rings (SSSR count). The Labute approximate surface area is 195 Å². The van der Waals surface area contributed by atoms with Crippen molar-refractivity contribution in [1.29, 1.82) is 0 Å². The predicted molar refractivity (Wildman–Crippen MR) is 133 cm³/mol. The summed E-state index contributed by atoms with van der Waals surface area (Å²) in [5.41, 5.74) is 6.03. The monoisotopic (exact) mass is 441 g/mol. The Kier molecular flexibility index (Phi) is 7.08. The Morgan fingerprint density at radius 3 is 2.55 bits per heavy atom. The molecular weight excluding hydrogens is 410 g/mol. The fourth-order valence-electron chi connectivity index (χ4n) is 4.11. The molecule has 0 aliphatic carbocycles. The van der Waals surface area contributed by atoms with Crippen LogP contribution < -0.4 is 10.1 Å². The van der Waals surface area contributed by atoms with E-state index in [-0.39, 0.29) is 5.91 Å². The fraction of sp³-hybridized carbons (Fsp3) is 0.286. The molecule has 0 spiro atoms. The number of nitrogens with zero attached hydrogens (tertiary/aromatic N) is 2. The number of ether oxygens (including phenoxy) is 1. The molecule has 0 saturated carbocycles. The first-order valence-corrected chi connectivity index (χ1v) is 11.5. The maximum atomic E-state index is 12.8. The molecule has 170 valence electrons. The molecule has 0 bridgehead atoms. The van der Waals surface area contributed by atoms with Gasteiger partial charge in [-0.3, -0.25) is 4.79 Å². The van der Waals surface area contributed by atoms with Crippen molar-refractivity contribution in [3.63, 3.8) is 0 Å². The van der Waals surface area contributed by atoms with Gasteiger partial charge in [0.05, 0.1) is 24.2 Å². The smallest absolute Gasteiger partial charge is 0.251 e. The summed E-state index contributed by atoms with van der Waals surface area (Å²) in [5, 5.41) is 3.06. The minimum Gasteiger partial charge on any atom is -0.493 e. The van der Waals surface area contributed by atoms with Crippen LogP contribution in [0.15, 0.2) is 66.7 Å². The zero-order valence-corrected chi connectivity index (χ0v) is 19.6. The molecule has 0 saturated heterocycles. The van der Waals surface area contributed by atoms with E-state index in [1.165, 1.54) is 0 Å². The third-order valence-electron chi connectivity index (χ3n) is 5.89. The van der Waals surface area contributed by atoms with E-state index in [1.54, 1.807) is 0 Å². The number of hydrogen-bond acceptors (Lipinski definition) is 3. The molecule has 1 aromatic heterocycles. The van der Waals surface area contributed by atoms with E-state index < -0.39 is 0 Å². The number of aryl methyl sites for hydroxylation is 4. The Morgan fingerprint density at radius 1 is 0.939 bits per heavy atom. The standard InChI is InChI=1S/C28H31N3O2/c1-20-14-15-23(22(3)18-20)28(32)29-19-27-30-24-11-5-6-12-25(24)31(27)16-8-9-17-33-26-13-7-4-10-21(26)2/h4-7,10-15,18H,8-9,16-17,19H2,1-3H3,(H,29,32). The maximum Gasteiger partial charge on any atom is 0.251 e. The zero-order chi connectivity index (χ0) is 23.2. The van der Waals surface area contributed by atoms with Gasteiger partial charge < -0.3 is 14.6 Å². The van der Waals surface area contributed by atoms with E-state index in [9.17, 15) is 4.79 Å². The summed E-state index contributed by atoms with van der Waals surface area (Å²) in [4.78, 5) is 17.6. The summed E-state index contributed by atoms with van der Waals surface area (Å²) in [6.07, 6.45) is 1.90. The average Bonchev–Trinajstić information content (AvgIpc) is 3.16. The molecular formula is C28H31N3O2. The fourth-order valence-corrected chi connectivity index (χ4v) is 4.11. The molecule has 0 unspecified atom stereocenters. The maximum absolute atomic E-state index is 12.8. The third kappa shape index (κ3) is 5.43. The number of nitrogens with one attached hydrogen (secondary N) is 1. The zero-order valence-electron chi connectivity index (χ0n) is 19.6. The molecule has 1 heterocycles. The Bertz CT molecular complexity index is 1260.